The van der Waals surface area contributed by atoms with Crippen molar-refractivity contribution in [2.24, 2.45) is 11.7 Å². The third-order valence-electron chi connectivity index (χ3n) is 4.42. The van der Waals surface area contributed by atoms with Crippen molar-refractivity contribution in [2.75, 3.05) is 19.6 Å². The summed E-state index contributed by atoms with van der Waals surface area (Å²) in [6, 6.07) is 7.38. The predicted molar refractivity (Wildman–Crippen MR) is 77.6 cm³/mol. The predicted octanol–water partition coefficient (Wildman–Crippen LogP) is 2.99. The molecule has 106 valence electrons. The van der Waals surface area contributed by atoms with E-state index in [-0.39, 0.29) is 5.82 Å². The minimum atomic E-state index is -0.164. The van der Waals surface area contributed by atoms with Crippen molar-refractivity contribution < 1.29 is 4.39 Å². The number of piperidine rings is 1. The second-order valence-corrected chi connectivity index (χ2v) is 5.87. The monoisotopic (exact) mass is 264 g/mol. The van der Waals surface area contributed by atoms with Gasteiger partial charge >= 0.3 is 0 Å². The SMILES string of the molecule is CC(CN1CCCC(C)C1CN)c1ccc(F)cc1. The first-order valence-corrected chi connectivity index (χ1v) is 7.31. The molecule has 1 aliphatic rings. The smallest absolute Gasteiger partial charge is 0.123 e. The lowest BCUT2D eigenvalue weighted by atomic mass is 9.89. The van der Waals surface area contributed by atoms with E-state index in [0.29, 0.717) is 17.9 Å². The molecule has 1 heterocycles. The van der Waals surface area contributed by atoms with Gasteiger partial charge in [-0.3, -0.25) is 4.90 Å². The first kappa shape index (κ1) is 14.5. The fourth-order valence-electron chi connectivity index (χ4n) is 3.19. The molecular formula is C16H25FN2. The van der Waals surface area contributed by atoms with Gasteiger partial charge in [-0.1, -0.05) is 26.0 Å². The van der Waals surface area contributed by atoms with Gasteiger partial charge in [0.15, 0.2) is 0 Å². The number of hydrogen-bond acceptors (Lipinski definition) is 2. The average Bonchev–Trinajstić information content (AvgIpc) is 2.39. The second-order valence-electron chi connectivity index (χ2n) is 5.87. The van der Waals surface area contributed by atoms with Gasteiger partial charge in [0.25, 0.3) is 0 Å². The zero-order chi connectivity index (χ0) is 13.8. The van der Waals surface area contributed by atoms with Crippen molar-refractivity contribution in [2.45, 2.75) is 38.6 Å². The van der Waals surface area contributed by atoms with Crippen LogP contribution in [0.25, 0.3) is 0 Å². The zero-order valence-corrected chi connectivity index (χ0v) is 12.0. The Morgan fingerprint density at radius 2 is 2.05 bits per heavy atom. The highest BCUT2D eigenvalue weighted by Crippen LogP contribution is 2.26. The van der Waals surface area contributed by atoms with E-state index in [1.807, 2.05) is 12.1 Å². The second kappa shape index (κ2) is 6.49. The number of rotatable bonds is 4. The zero-order valence-electron chi connectivity index (χ0n) is 12.0. The van der Waals surface area contributed by atoms with Crippen molar-refractivity contribution in [3.63, 3.8) is 0 Å². The molecule has 1 aromatic carbocycles. The number of likely N-dealkylation sites (tertiary alicyclic amines) is 1. The van der Waals surface area contributed by atoms with E-state index in [9.17, 15) is 4.39 Å². The number of halogens is 1. The summed E-state index contributed by atoms with van der Waals surface area (Å²) in [5, 5.41) is 0. The molecule has 0 amide bonds. The van der Waals surface area contributed by atoms with Crippen LogP contribution in [0.4, 0.5) is 4.39 Å². The summed E-state index contributed by atoms with van der Waals surface area (Å²) >= 11 is 0. The van der Waals surface area contributed by atoms with Crippen LogP contribution >= 0.6 is 0 Å². The molecule has 0 aromatic heterocycles. The first-order valence-electron chi connectivity index (χ1n) is 7.31. The van der Waals surface area contributed by atoms with Crippen LogP contribution in [0, 0.1) is 11.7 Å². The van der Waals surface area contributed by atoms with E-state index >= 15 is 0 Å². The van der Waals surface area contributed by atoms with Crippen LogP contribution in [-0.4, -0.2) is 30.6 Å². The van der Waals surface area contributed by atoms with Crippen LogP contribution in [0.5, 0.6) is 0 Å². The molecule has 0 spiro atoms. The number of nitrogens with two attached hydrogens (primary N) is 1. The van der Waals surface area contributed by atoms with E-state index in [1.165, 1.54) is 18.4 Å². The molecule has 0 bridgehead atoms. The molecule has 0 saturated carbocycles. The Morgan fingerprint density at radius 1 is 1.37 bits per heavy atom. The van der Waals surface area contributed by atoms with Crippen LogP contribution in [-0.2, 0) is 0 Å². The summed E-state index contributed by atoms with van der Waals surface area (Å²) in [6.07, 6.45) is 2.54. The third kappa shape index (κ3) is 3.54. The third-order valence-corrected chi connectivity index (χ3v) is 4.42. The molecule has 1 saturated heterocycles. The van der Waals surface area contributed by atoms with Crippen molar-refractivity contribution >= 4 is 0 Å². The normalized spacial score (nSPS) is 26.3. The molecule has 2 N–H and O–H groups in total. The molecule has 3 atom stereocenters. The lowest BCUT2D eigenvalue weighted by Crippen LogP contribution is -2.49. The summed E-state index contributed by atoms with van der Waals surface area (Å²) in [6.45, 7) is 7.39. The minimum Gasteiger partial charge on any atom is -0.329 e. The molecule has 2 rings (SSSR count). The Hall–Kier alpha value is -0.930. The molecule has 1 fully saturated rings. The van der Waals surface area contributed by atoms with Gasteiger partial charge in [0.1, 0.15) is 5.82 Å². The highest BCUT2D eigenvalue weighted by molar-refractivity contribution is 5.20. The molecule has 0 radical (unpaired) electrons. The molecule has 3 heteroatoms. The molecule has 1 aromatic rings. The Balaban J connectivity index is 2.00. The molecule has 1 aliphatic heterocycles. The van der Waals surface area contributed by atoms with E-state index < -0.39 is 0 Å². The summed E-state index contributed by atoms with van der Waals surface area (Å²) in [7, 11) is 0. The van der Waals surface area contributed by atoms with E-state index in [1.54, 1.807) is 12.1 Å². The Labute approximate surface area is 115 Å². The van der Waals surface area contributed by atoms with Crippen molar-refractivity contribution in [3.8, 4) is 0 Å². The molecule has 3 unspecified atom stereocenters. The maximum atomic E-state index is 12.9. The largest absolute Gasteiger partial charge is 0.329 e. The summed E-state index contributed by atoms with van der Waals surface area (Å²) < 4.78 is 12.9. The minimum absolute atomic E-state index is 0.164. The van der Waals surface area contributed by atoms with E-state index in [4.69, 9.17) is 5.73 Å². The van der Waals surface area contributed by atoms with Gasteiger partial charge in [-0.25, -0.2) is 4.39 Å². The van der Waals surface area contributed by atoms with Crippen LogP contribution in [0.2, 0.25) is 0 Å². The van der Waals surface area contributed by atoms with Gasteiger partial charge in [-0.15, -0.1) is 0 Å². The summed E-state index contributed by atoms with van der Waals surface area (Å²) in [5.74, 6) is 0.932. The van der Waals surface area contributed by atoms with Crippen LogP contribution < -0.4 is 5.73 Å². The van der Waals surface area contributed by atoms with Gasteiger partial charge in [-0.2, -0.15) is 0 Å². The molecule has 2 nitrogen and oxygen atoms in total. The number of hydrogen-bond donors (Lipinski definition) is 1. The van der Waals surface area contributed by atoms with Gasteiger partial charge in [0.2, 0.25) is 0 Å². The lowest BCUT2D eigenvalue weighted by molar-refractivity contribution is 0.101. The Morgan fingerprint density at radius 3 is 2.68 bits per heavy atom. The highest BCUT2D eigenvalue weighted by Gasteiger charge is 2.28. The highest BCUT2D eigenvalue weighted by atomic mass is 19.1. The quantitative estimate of drug-likeness (QED) is 0.906. The molecule has 0 aliphatic carbocycles. The number of nitrogens with zero attached hydrogens (tertiary/aromatic N) is 1. The average molecular weight is 264 g/mol. The molecule has 19 heavy (non-hydrogen) atoms. The Bertz CT molecular complexity index is 390. The fraction of sp³-hybridized carbons (Fsp3) is 0.625. The topological polar surface area (TPSA) is 29.3 Å². The standard InChI is InChI=1S/C16H25FN2/c1-12-4-3-9-19(16(12)10-18)11-13(2)14-5-7-15(17)8-6-14/h5-8,12-13,16H,3-4,9-11,18H2,1-2H3. The van der Waals surface area contributed by atoms with Crippen molar-refractivity contribution in [1.82, 2.24) is 4.90 Å². The summed E-state index contributed by atoms with van der Waals surface area (Å²) in [5.41, 5.74) is 7.13. The van der Waals surface area contributed by atoms with E-state index in [0.717, 1.165) is 19.6 Å². The van der Waals surface area contributed by atoms with E-state index in [2.05, 4.69) is 18.7 Å². The maximum absolute atomic E-state index is 12.9. The Kier molecular flexibility index (Phi) is 4.94. The van der Waals surface area contributed by atoms with Crippen molar-refractivity contribution in [3.05, 3.63) is 35.6 Å². The van der Waals surface area contributed by atoms with Crippen LogP contribution in [0.3, 0.4) is 0 Å². The fourth-order valence-corrected chi connectivity index (χ4v) is 3.19. The maximum Gasteiger partial charge on any atom is 0.123 e. The van der Waals surface area contributed by atoms with Gasteiger partial charge in [0, 0.05) is 19.1 Å². The van der Waals surface area contributed by atoms with Crippen LogP contribution in [0.1, 0.15) is 38.2 Å². The van der Waals surface area contributed by atoms with Crippen LogP contribution in [0.15, 0.2) is 24.3 Å². The van der Waals surface area contributed by atoms with Gasteiger partial charge in [-0.05, 0) is 48.9 Å². The first-order chi connectivity index (χ1) is 9.11. The van der Waals surface area contributed by atoms with Gasteiger partial charge in [0.05, 0.1) is 0 Å². The molecular weight excluding hydrogens is 239 g/mol. The van der Waals surface area contributed by atoms with Gasteiger partial charge < -0.3 is 5.73 Å². The number of benzene rings is 1. The lowest BCUT2D eigenvalue weighted by Gasteiger charge is -2.40. The summed E-state index contributed by atoms with van der Waals surface area (Å²) in [4.78, 5) is 2.52. The van der Waals surface area contributed by atoms with Crippen molar-refractivity contribution in [1.29, 1.82) is 0 Å².